The van der Waals surface area contributed by atoms with E-state index in [1.165, 1.54) is 0 Å². The Morgan fingerprint density at radius 3 is 2.23 bits per heavy atom. The molecule has 3 heteroatoms. The molecule has 1 atom stereocenters. The van der Waals surface area contributed by atoms with E-state index in [0.29, 0.717) is 0 Å². The Hall–Kier alpha value is -0.570. The molecule has 13 heavy (non-hydrogen) atoms. The lowest BCUT2D eigenvalue weighted by molar-refractivity contribution is -0.123. The minimum absolute atomic E-state index is 0.00412. The summed E-state index contributed by atoms with van der Waals surface area (Å²) in [7, 11) is 0. The zero-order valence-corrected chi connectivity index (χ0v) is 8.97. The van der Waals surface area contributed by atoms with Crippen molar-refractivity contribution in [2.75, 3.05) is 0 Å². The van der Waals surface area contributed by atoms with Crippen LogP contribution in [0.2, 0.25) is 0 Å². The molecular formula is C10H22N2O. The summed E-state index contributed by atoms with van der Waals surface area (Å²) in [5.74, 6) is -0.00412. The molecule has 0 aliphatic rings. The maximum Gasteiger partial charge on any atom is 0.237 e. The van der Waals surface area contributed by atoms with Crippen LogP contribution in [0.3, 0.4) is 0 Å². The predicted octanol–water partition coefficient (Wildman–Crippen LogP) is 1.42. The highest BCUT2D eigenvalue weighted by Gasteiger charge is 2.14. The third-order valence-electron chi connectivity index (χ3n) is 2.27. The molecule has 0 aromatic rings. The molecule has 0 saturated heterocycles. The van der Waals surface area contributed by atoms with Crippen LogP contribution in [0, 0.1) is 0 Å². The Labute approximate surface area is 81.1 Å². The number of hydrogen-bond acceptors (Lipinski definition) is 2. The Kier molecular flexibility index (Phi) is 6.59. The van der Waals surface area contributed by atoms with Crippen molar-refractivity contribution >= 4 is 5.91 Å². The van der Waals surface area contributed by atoms with E-state index < -0.39 is 0 Å². The minimum atomic E-state index is -0.328. The van der Waals surface area contributed by atoms with Gasteiger partial charge >= 0.3 is 0 Å². The molecule has 0 radical (unpaired) electrons. The van der Waals surface area contributed by atoms with E-state index in [2.05, 4.69) is 19.2 Å². The van der Waals surface area contributed by atoms with E-state index >= 15 is 0 Å². The fourth-order valence-electron chi connectivity index (χ4n) is 1.24. The lowest BCUT2D eigenvalue weighted by Crippen LogP contribution is -2.44. The van der Waals surface area contributed by atoms with Gasteiger partial charge in [0.15, 0.2) is 0 Å². The third kappa shape index (κ3) is 4.88. The zero-order valence-electron chi connectivity index (χ0n) is 8.97. The average molecular weight is 186 g/mol. The van der Waals surface area contributed by atoms with Crippen molar-refractivity contribution in [1.82, 2.24) is 5.32 Å². The molecule has 0 aliphatic heterocycles. The average Bonchev–Trinajstić information content (AvgIpc) is 2.14. The van der Waals surface area contributed by atoms with Crippen LogP contribution >= 0.6 is 0 Å². The van der Waals surface area contributed by atoms with Crippen LogP contribution in [0.5, 0.6) is 0 Å². The highest BCUT2D eigenvalue weighted by molar-refractivity contribution is 5.81. The number of nitrogens with one attached hydrogen (secondary N) is 1. The van der Waals surface area contributed by atoms with Gasteiger partial charge in [0.25, 0.3) is 0 Å². The number of amides is 1. The van der Waals surface area contributed by atoms with Crippen molar-refractivity contribution in [3.8, 4) is 0 Å². The van der Waals surface area contributed by atoms with Gasteiger partial charge in [-0.25, -0.2) is 0 Å². The summed E-state index contributed by atoms with van der Waals surface area (Å²) in [5.41, 5.74) is 5.67. The van der Waals surface area contributed by atoms with Crippen LogP contribution in [-0.4, -0.2) is 18.0 Å². The molecule has 0 heterocycles. The van der Waals surface area contributed by atoms with Crippen LogP contribution in [-0.2, 0) is 4.79 Å². The minimum Gasteiger partial charge on any atom is -0.352 e. The summed E-state index contributed by atoms with van der Waals surface area (Å²) in [6.07, 6.45) is 3.67. The van der Waals surface area contributed by atoms with E-state index in [-0.39, 0.29) is 18.0 Å². The maximum absolute atomic E-state index is 11.4. The first-order valence-corrected chi connectivity index (χ1v) is 5.21. The molecule has 0 aromatic heterocycles. The molecule has 3 N–H and O–H groups in total. The summed E-state index contributed by atoms with van der Waals surface area (Å²) in [6.45, 7) is 6.17. The molecule has 0 aromatic carbocycles. The Morgan fingerprint density at radius 2 is 1.85 bits per heavy atom. The molecule has 3 nitrogen and oxygen atoms in total. The predicted molar refractivity (Wildman–Crippen MR) is 55.4 cm³/mol. The number of hydrogen-bond donors (Lipinski definition) is 2. The van der Waals surface area contributed by atoms with Crippen LogP contribution in [0.15, 0.2) is 0 Å². The summed E-state index contributed by atoms with van der Waals surface area (Å²) in [5, 5.41) is 2.94. The smallest absolute Gasteiger partial charge is 0.237 e. The normalized spacial score (nSPS) is 13.0. The quantitative estimate of drug-likeness (QED) is 0.659. The van der Waals surface area contributed by atoms with Crippen LogP contribution in [0.25, 0.3) is 0 Å². The summed E-state index contributed by atoms with van der Waals surface area (Å²) in [4.78, 5) is 11.4. The van der Waals surface area contributed by atoms with Crippen LogP contribution in [0.1, 0.15) is 46.5 Å². The van der Waals surface area contributed by atoms with Crippen molar-refractivity contribution in [2.45, 2.75) is 58.5 Å². The van der Waals surface area contributed by atoms with E-state index in [4.69, 9.17) is 5.73 Å². The molecule has 0 rings (SSSR count). The lowest BCUT2D eigenvalue weighted by Gasteiger charge is -2.17. The molecule has 0 aliphatic carbocycles. The highest BCUT2D eigenvalue weighted by Crippen LogP contribution is 1.99. The van der Waals surface area contributed by atoms with Crippen molar-refractivity contribution < 1.29 is 4.79 Å². The van der Waals surface area contributed by atoms with Gasteiger partial charge < -0.3 is 11.1 Å². The first kappa shape index (κ1) is 12.4. The van der Waals surface area contributed by atoms with Gasteiger partial charge in [0.2, 0.25) is 5.91 Å². The second-order valence-corrected chi connectivity index (χ2v) is 3.42. The number of carbonyl (C=O) groups is 1. The number of carbonyl (C=O) groups excluding carboxylic acids is 1. The van der Waals surface area contributed by atoms with Gasteiger partial charge in [-0.1, -0.05) is 27.2 Å². The molecule has 1 amide bonds. The van der Waals surface area contributed by atoms with E-state index in [9.17, 15) is 4.79 Å². The first-order chi connectivity index (χ1) is 6.15. The van der Waals surface area contributed by atoms with Gasteiger partial charge in [-0.05, 0) is 19.3 Å². The second kappa shape index (κ2) is 6.89. The van der Waals surface area contributed by atoms with E-state index in [0.717, 1.165) is 25.7 Å². The molecule has 0 saturated carbocycles. The summed E-state index contributed by atoms with van der Waals surface area (Å²) in [6, 6.07) is -0.0407. The highest BCUT2D eigenvalue weighted by atomic mass is 16.2. The molecule has 0 fully saturated rings. The van der Waals surface area contributed by atoms with Gasteiger partial charge in [-0.3, -0.25) is 4.79 Å². The summed E-state index contributed by atoms with van der Waals surface area (Å²) >= 11 is 0. The fraction of sp³-hybridized carbons (Fsp3) is 0.900. The number of rotatable bonds is 6. The molecule has 0 spiro atoms. The largest absolute Gasteiger partial charge is 0.352 e. The molecule has 0 bridgehead atoms. The van der Waals surface area contributed by atoms with Crippen molar-refractivity contribution in [1.29, 1.82) is 0 Å². The lowest BCUT2D eigenvalue weighted by atomic mass is 10.1. The fourth-order valence-corrected chi connectivity index (χ4v) is 1.24. The van der Waals surface area contributed by atoms with Crippen molar-refractivity contribution in [3.63, 3.8) is 0 Å². The molecular weight excluding hydrogens is 164 g/mol. The second-order valence-electron chi connectivity index (χ2n) is 3.42. The van der Waals surface area contributed by atoms with Gasteiger partial charge in [0, 0.05) is 6.04 Å². The van der Waals surface area contributed by atoms with Crippen LogP contribution < -0.4 is 11.1 Å². The zero-order chi connectivity index (χ0) is 10.3. The molecule has 0 unspecified atom stereocenters. The van der Waals surface area contributed by atoms with Gasteiger partial charge in [-0.15, -0.1) is 0 Å². The standard InChI is InChI=1S/C10H22N2O/c1-4-7-9(11)10(13)12-8(5-2)6-3/h8-9H,4-7,11H2,1-3H3,(H,12,13)/t9-/m1/s1. The topological polar surface area (TPSA) is 55.1 Å². The van der Waals surface area contributed by atoms with Crippen molar-refractivity contribution in [2.24, 2.45) is 5.73 Å². The van der Waals surface area contributed by atoms with Gasteiger partial charge in [0.1, 0.15) is 0 Å². The Bertz CT molecular complexity index is 144. The SMILES string of the molecule is CCC[C@@H](N)C(=O)NC(CC)CC. The van der Waals surface area contributed by atoms with Gasteiger partial charge in [-0.2, -0.15) is 0 Å². The third-order valence-corrected chi connectivity index (χ3v) is 2.27. The van der Waals surface area contributed by atoms with Crippen molar-refractivity contribution in [3.05, 3.63) is 0 Å². The number of nitrogens with two attached hydrogens (primary N) is 1. The summed E-state index contributed by atoms with van der Waals surface area (Å²) < 4.78 is 0. The first-order valence-electron chi connectivity index (χ1n) is 5.21. The molecule has 78 valence electrons. The van der Waals surface area contributed by atoms with E-state index in [1.807, 2.05) is 6.92 Å². The monoisotopic (exact) mass is 186 g/mol. The Morgan fingerprint density at radius 1 is 1.31 bits per heavy atom. The van der Waals surface area contributed by atoms with Gasteiger partial charge in [0.05, 0.1) is 6.04 Å². The Balaban J connectivity index is 3.83. The maximum atomic E-state index is 11.4. The van der Waals surface area contributed by atoms with Crippen LogP contribution in [0.4, 0.5) is 0 Å². The van der Waals surface area contributed by atoms with E-state index in [1.54, 1.807) is 0 Å².